The molecular formula is C19H11Cl3F6O3. The molecule has 0 saturated heterocycles. The Morgan fingerprint density at radius 1 is 1.03 bits per heavy atom. The number of methoxy groups -OCH3 is 1. The molecule has 0 spiro atoms. The number of alkyl halides is 6. The fraction of sp³-hybridized carbons (Fsp3) is 0.211. The van der Waals surface area contributed by atoms with E-state index in [1.54, 1.807) is 0 Å². The molecule has 31 heavy (non-hydrogen) atoms. The normalized spacial score (nSPS) is 13.8. The maximum absolute atomic E-state index is 13.7. The highest BCUT2D eigenvalue weighted by Gasteiger charge is 2.41. The summed E-state index contributed by atoms with van der Waals surface area (Å²) in [6.07, 6.45) is -9.44. The maximum atomic E-state index is 13.7. The molecule has 1 N–H and O–H groups in total. The molecule has 0 aliphatic heterocycles. The Morgan fingerprint density at radius 2 is 1.58 bits per heavy atom. The second kappa shape index (κ2) is 9.18. The van der Waals surface area contributed by atoms with Crippen molar-refractivity contribution in [3.05, 3.63) is 73.7 Å². The molecule has 2 aromatic carbocycles. The Bertz CT molecular complexity index is 1010. The zero-order valence-corrected chi connectivity index (χ0v) is 17.5. The van der Waals surface area contributed by atoms with Crippen LogP contribution in [0.3, 0.4) is 0 Å². The molecule has 0 bridgehead atoms. The minimum atomic E-state index is -5.07. The van der Waals surface area contributed by atoms with Crippen LogP contribution in [-0.2, 0) is 10.9 Å². The largest absolute Gasteiger partial charge is 0.496 e. The molecule has 0 aliphatic rings. The van der Waals surface area contributed by atoms with Gasteiger partial charge in [-0.1, -0.05) is 40.9 Å². The molecule has 0 aliphatic carbocycles. The van der Waals surface area contributed by atoms with Crippen LogP contribution in [0.25, 0.3) is 5.76 Å². The minimum absolute atomic E-state index is 0.164. The molecule has 2 rings (SSSR count). The van der Waals surface area contributed by atoms with Gasteiger partial charge in [0, 0.05) is 5.56 Å². The summed E-state index contributed by atoms with van der Waals surface area (Å²) in [6.45, 7) is 0. The number of hydrogen-bond donors (Lipinski definition) is 1. The van der Waals surface area contributed by atoms with Crippen LogP contribution in [0.1, 0.15) is 33.0 Å². The molecule has 1 unspecified atom stereocenters. The average molecular weight is 508 g/mol. The molecule has 0 heterocycles. The van der Waals surface area contributed by atoms with E-state index in [1.807, 2.05) is 0 Å². The fourth-order valence-corrected chi connectivity index (χ4v) is 3.30. The maximum Gasteiger partial charge on any atom is 0.417 e. The summed E-state index contributed by atoms with van der Waals surface area (Å²) in [5, 5.41) is 8.29. The first-order chi connectivity index (χ1) is 14.2. The summed E-state index contributed by atoms with van der Waals surface area (Å²) in [5.41, 5.74) is -3.45. The first kappa shape index (κ1) is 25.2. The Balaban J connectivity index is 2.69. The van der Waals surface area contributed by atoms with Crippen LogP contribution >= 0.6 is 34.8 Å². The number of allylic oxidation sites excluding steroid dienone is 1. The predicted molar refractivity (Wildman–Crippen MR) is 104 cm³/mol. The van der Waals surface area contributed by atoms with Gasteiger partial charge in [-0.15, -0.1) is 0 Å². The number of halogens is 9. The average Bonchev–Trinajstić information content (AvgIpc) is 2.64. The molecule has 2 aromatic rings. The molecule has 0 aromatic heterocycles. The third-order valence-corrected chi connectivity index (χ3v) is 5.29. The second-order valence-electron chi connectivity index (χ2n) is 6.12. The smallest absolute Gasteiger partial charge is 0.417 e. The molecule has 0 amide bonds. The molecule has 1 atom stereocenters. The number of ether oxygens (including phenoxy) is 1. The Kier molecular flexibility index (Phi) is 7.45. The number of carboxylic acids is 1. The van der Waals surface area contributed by atoms with Crippen molar-refractivity contribution in [1.29, 1.82) is 0 Å². The van der Waals surface area contributed by atoms with E-state index >= 15 is 0 Å². The van der Waals surface area contributed by atoms with Crippen molar-refractivity contribution in [2.24, 2.45) is 0 Å². The lowest BCUT2D eigenvalue weighted by molar-refractivity contribution is -0.140. The lowest BCUT2D eigenvalue weighted by Gasteiger charge is -2.20. The minimum Gasteiger partial charge on any atom is -0.496 e. The summed E-state index contributed by atoms with van der Waals surface area (Å²) in [6, 6.07) is 3.78. The van der Waals surface area contributed by atoms with Gasteiger partial charge in [0.2, 0.25) is 0 Å². The van der Waals surface area contributed by atoms with E-state index in [4.69, 9.17) is 44.6 Å². The number of rotatable bonds is 5. The van der Waals surface area contributed by atoms with E-state index in [0.29, 0.717) is 18.2 Å². The van der Waals surface area contributed by atoms with Crippen LogP contribution in [0.5, 0.6) is 0 Å². The summed E-state index contributed by atoms with van der Waals surface area (Å²) >= 11 is 17.4. The summed E-state index contributed by atoms with van der Waals surface area (Å²) in [5.74, 6) is -4.80. The van der Waals surface area contributed by atoms with Crippen molar-refractivity contribution in [3.63, 3.8) is 0 Å². The van der Waals surface area contributed by atoms with Gasteiger partial charge in [-0.2, -0.15) is 26.3 Å². The van der Waals surface area contributed by atoms with Gasteiger partial charge in [-0.25, -0.2) is 4.79 Å². The molecular weight excluding hydrogens is 497 g/mol. The number of hydrogen-bond acceptors (Lipinski definition) is 2. The quantitative estimate of drug-likeness (QED) is 0.256. The molecule has 0 radical (unpaired) electrons. The van der Waals surface area contributed by atoms with Gasteiger partial charge in [0.1, 0.15) is 11.7 Å². The van der Waals surface area contributed by atoms with Crippen molar-refractivity contribution < 1.29 is 41.0 Å². The SMILES string of the molecule is CO/C(=C\C(c1cc(Cl)c(Cl)c(Cl)c1)C(F)(F)F)c1ccc(C(=O)O)c(C(F)(F)F)c1. The summed E-state index contributed by atoms with van der Waals surface area (Å²) < 4.78 is 85.9. The zero-order chi connectivity index (χ0) is 23.7. The van der Waals surface area contributed by atoms with Gasteiger partial charge in [0.05, 0.1) is 33.3 Å². The van der Waals surface area contributed by atoms with Gasteiger partial charge in [0.15, 0.2) is 0 Å². The van der Waals surface area contributed by atoms with Crippen molar-refractivity contribution >= 4 is 46.5 Å². The number of benzene rings is 2. The highest BCUT2D eigenvalue weighted by molar-refractivity contribution is 6.48. The first-order valence-corrected chi connectivity index (χ1v) is 9.22. The van der Waals surface area contributed by atoms with Crippen LogP contribution in [0.15, 0.2) is 36.4 Å². The monoisotopic (exact) mass is 506 g/mol. The van der Waals surface area contributed by atoms with Gasteiger partial charge >= 0.3 is 18.3 Å². The fourth-order valence-electron chi connectivity index (χ4n) is 2.69. The van der Waals surface area contributed by atoms with E-state index in [9.17, 15) is 31.1 Å². The molecule has 0 saturated carbocycles. The van der Waals surface area contributed by atoms with Gasteiger partial charge in [-0.3, -0.25) is 0 Å². The van der Waals surface area contributed by atoms with Gasteiger partial charge in [-0.05, 0) is 35.9 Å². The van der Waals surface area contributed by atoms with Gasteiger partial charge < -0.3 is 9.84 Å². The topological polar surface area (TPSA) is 46.5 Å². The van der Waals surface area contributed by atoms with Gasteiger partial charge in [0.25, 0.3) is 0 Å². The third kappa shape index (κ3) is 5.78. The van der Waals surface area contributed by atoms with Crippen LogP contribution < -0.4 is 0 Å². The van der Waals surface area contributed by atoms with Crippen LogP contribution in [0.4, 0.5) is 26.3 Å². The highest BCUT2D eigenvalue weighted by Crippen LogP contribution is 2.42. The van der Waals surface area contributed by atoms with E-state index in [-0.39, 0.29) is 15.1 Å². The zero-order valence-electron chi connectivity index (χ0n) is 15.2. The number of carboxylic acid groups (broad SMARTS) is 1. The standard InChI is InChI=1S/C19H11Cl3F6O3/c1-31-15(8-2-3-10(17(29)30)12(4-8)19(26,27)28)7-11(18(23,24)25)9-5-13(20)16(22)14(21)6-9/h2-7,11H,1H3,(H,29,30)/b15-7-. The third-order valence-electron chi connectivity index (χ3n) is 4.10. The van der Waals surface area contributed by atoms with Crippen LogP contribution in [0, 0.1) is 0 Å². The molecule has 12 heteroatoms. The number of carbonyl (C=O) groups is 1. The Labute approximate surface area is 186 Å². The second-order valence-corrected chi connectivity index (χ2v) is 7.31. The van der Waals surface area contributed by atoms with Crippen molar-refractivity contribution in [2.75, 3.05) is 7.11 Å². The molecule has 3 nitrogen and oxygen atoms in total. The lowest BCUT2D eigenvalue weighted by atomic mass is 9.95. The van der Waals surface area contributed by atoms with E-state index in [1.165, 1.54) is 0 Å². The van der Waals surface area contributed by atoms with E-state index in [2.05, 4.69) is 0 Å². The van der Waals surface area contributed by atoms with Crippen molar-refractivity contribution in [3.8, 4) is 0 Å². The van der Waals surface area contributed by atoms with Crippen molar-refractivity contribution in [2.45, 2.75) is 18.3 Å². The van der Waals surface area contributed by atoms with E-state index < -0.39 is 52.3 Å². The van der Waals surface area contributed by atoms with E-state index in [0.717, 1.165) is 25.3 Å². The van der Waals surface area contributed by atoms with Crippen LogP contribution in [-0.4, -0.2) is 24.4 Å². The highest BCUT2D eigenvalue weighted by atomic mass is 35.5. The molecule has 168 valence electrons. The Morgan fingerprint density at radius 3 is 2.00 bits per heavy atom. The summed E-state index contributed by atoms with van der Waals surface area (Å²) in [7, 11) is 0.958. The van der Waals surface area contributed by atoms with Crippen molar-refractivity contribution in [1.82, 2.24) is 0 Å². The predicted octanol–water partition coefficient (Wildman–Crippen LogP) is 7.70. The van der Waals surface area contributed by atoms with Crippen LogP contribution in [0.2, 0.25) is 15.1 Å². The molecule has 0 fully saturated rings. The lowest BCUT2D eigenvalue weighted by Crippen LogP contribution is -2.20. The summed E-state index contributed by atoms with van der Waals surface area (Å²) in [4.78, 5) is 11.1. The first-order valence-electron chi connectivity index (χ1n) is 8.08. The number of aromatic carboxylic acids is 1. The Hall–Kier alpha value is -2.10.